The molecule has 0 aromatic heterocycles. The lowest BCUT2D eigenvalue weighted by Crippen LogP contribution is -2.59. The van der Waals surface area contributed by atoms with Gasteiger partial charge in [0.25, 0.3) is 0 Å². The summed E-state index contributed by atoms with van der Waals surface area (Å²) in [4.78, 5) is 61.2. The number of aliphatic hydroxyl groups is 1. The van der Waals surface area contributed by atoms with Crippen LogP contribution in [0.15, 0.2) is 115 Å². The van der Waals surface area contributed by atoms with Crippen molar-refractivity contribution in [2.75, 3.05) is 24.7 Å². The molecule has 13 nitrogen and oxygen atoms in total. The molecule has 60 heavy (non-hydrogen) atoms. The molecule has 318 valence electrons. The lowest BCUT2D eigenvalue weighted by molar-refractivity contribution is -0.133. The first-order chi connectivity index (χ1) is 28.9. The van der Waals surface area contributed by atoms with Crippen molar-refractivity contribution in [1.29, 1.82) is 0 Å². The maximum atomic E-state index is 14.6. The largest absolute Gasteiger partial charge is 0.445 e. The summed E-state index contributed by atoms with van der Waals surface area (Å²) in [5.74, 6) is -1.25. The van der Waals surface area contributed by atoms with Crippen molar-refractivity contribution in [3.8, 4) is 0 Å². The van der Waals surface area contributed by atoms with Gasteiger partial charge in [-0.25, -0.2) is 4.79 Å². The molecule has 4 aromatic rings. The number of benzene rings is 4. The zero-order valence-corrected chi connectivity index (χ0v) is 34.8. The second-order valence-electron chi connectivity index (χ2n) is 16.3. The van der Waals surface area contributed by atoms with Gasteiger partial charge in [-0.1, -0.05) is 111 Å². The molecule has 1 saturated heterocycles. The van der Waals surface area contributed by atoms with Crippen LogP contribution in [0.2, 0.25) is 0 Å². The van der Waals surface area contributed by atoms with E-state index in [4.69, 9.17) is 10.5 Å². The van der Waals surface area contributed by atoms with E-state index in [0.29, 0.717) is 25.0 Å². The second kappa shape index (κ2) is 21.0. The number of alkyl carbamates (subject to hydrolysis) is 1. The van der Waals surface area contributed by atoms with Crippen molar-refractivity contribution >= 4 is 40.3 Å². The standard InChI is InChI=1S/C47H59N7O6/c1-32(2)21-22-42(55)43(45(57)49-37-23-25-52(26-24-37)28-34-13-6-4-7-14-34)51-44(56)40(50-47(59)60-30-35-15-8-5-9-16-35)27-38-29-53(46(58)33(3)48)31-54(38)41-20-12-18-36-17-10-11-19-39(36)41/h4-20,29,32-33,37,40,42-43,55H,21-28,30-31,48H2,1-3H3,(H,49,57)(H,50,59)(H,51,56)/t33-,40?,42-,43?/m0/s1. The predicted molar refractivity (Wildman–Crippen MR) is 233 cm³/mol. The third-order valence-corrected chi connectivity index (χ3v) is 11.1. The minimum absolute atomic E-state index is 0.0361. The van der Waals surface area contributed by atoms with Crippen molar-refractivity contribution < 1.29 is 29.0 Å². The Kier molecular flexibility index (Phi) is 15.3. The van der Waals surface area contributed by atoms with Crippen LogP contribution in [0.3, 0.4) is 0 Å². The smallest absolute Gasteiger partial charge is 0.408 e. The highest BCUT2D eigenvalue weighted by atomic mass is 16.5. The molecule has 4 atom stereocenters. The molecule has 6 N–H and O–H groups in total. The van der Waals surface area contributed by atoms with Gasteiger partial charge in [0.05, 0.1) is 17.8 Å². The van der Waals surface area contributed by atoms with Gasteiger partial charge in [0, 0.05) is 49.4 Å². The van der Waals surface area contributed by atoms with Gasteiger partial charge in [-0.3, -0.25) is 24.2 Å². The maximum absolute atomic E-state index is 14.6. The summed E-state index contributed by atoms with van der Waals surface area (Å²) in [6, 6.07) is 29.6. The number of nitrogens with two attached hydrogens (primary N) is 1. The normalized spacial score (nSPS) is 16.8. The van der Waals surface area contributed by atoms with Gasteiger partial charge in [-0.05, 0) is 61.1 Å². The molecule has 0 radical (unpaired) electrons. The number of amides is 4. The second-order valence-corrected chi connectivity index (χ2v) is 16.3. The van der Waals surface area contributed by atoms with Crippen molar-refractivity contribution in [2.24, 2.45) is 11.7 Å². The summed E-state index contributed by atoms with van der Waals surface area (Å²) < 4.78 is 5.57. The highest BCUT2D eigenvalue weighted by Gasteiger charge is 2.36. The summed E-state index contributed by atoms with van der Waals surface area (Å²) in [6.07, 6.45) is 1.85. The molecule has 2 aliphatic rings. The monoisotopic (exact) mass is 817 g/mol. The van der Waals surface area contributed by atoms with Crippen molar-refractivity contribution in [3.05, 3.63) is 126 Å². The summed E-state index contributed by atoms with van der Waals surface area (Å²) in [5, 5.41) is 22.1. The summed E-state index contributed by atoms with van der Waals surface area (Å²) >= 11 is 0. The molecule has 0 spiro atoms. The van der Waals surface area contributed by atoms with Gasteiger partial charge in [0.15, 0.2) is 0 Å². The van der Waals surface area contributed by atoms with Crippen molar-refractivity contribution in [3.63, 3.8) is 0 Å². The third kappa shape index (κ3) is 11.9. The Hall–Kier alpha value is -5.76. The first-order valence-electron chi connectivity index (χ1n) is 21.0. The van der Waals surface area contributed by atoms with Crippen LogP contribution < -0.4 is 26.6 Å². The molecule has 0 bridgehead atoms. The first-order valence-corrected chi connectivity index (χ1v) is 21.0. The third-order valence-electron chi connectivity index (χ3n) is 11.1. The number of nitrogens with zero attached hydrogens (tertiary/aromatic N) is 3. The van der Waals surface area contributed by atoms with E-state index in [9.17, 15) is 24.3 Å². The fraction of sp³-hybridized carbons (Fsp3) is 0.404. The first kappa shape index (κ1) is 43.8. The van der Waals surface area contributed by atoms with Gasteiger partial charge in [-0.15, -0.1) is 0 Å². The van der Waals surface area contributed by atoms with Gasteiger partial charge < -0.3 is 36.4 Å². The van der Waals surface area contributed by atoms with Crippen LogP contribution in [0.4, 0.5) is 10.5 Å². The number of aliphatic hydroxyl groups excluding tert-OH is 1. The van der Waals surface area contributed by atoms with Gasteiger partial charge >= 0.3 is 6.09 Å². The molecule has 4 amide bonds. The highest BCUT2D eigenvalue weighted by molar-refractivity contribution is 5.96. The van der Waals surface area contributed by atoms with E-state index < -0.39 is 42.1 Å². The summed E-state index contributed by atoms with van der Waals surface area (Å²) in [6.45, 7) is 8.15. The van der Waals surface area contributed by atoms with Crippen LogP contribution in [0.5, 0.6) is 0 Å². The number of piperidine rings is 1. The van der Waals surface area contributed by atoms with Gasteiger partial charge in [0.2, 0.25) is 17.7 Å². The molecule has 1 fully saturated rings. The number of nitrogens with one attached hydrogen (secondary N) is 3. The van der Waals surface area contributed by atoms with Crippen molar-refractivity contribution in [1.82, 2.24) is 25.8 Å². The van der Waals surface area contributed by atoms with E-state index in [1.54, 1.807) is 13.1 Å². The molecule has 2 heterocycles. The van der Waals surface area contributed by atoms with E-state index in [1.165, 1.54) is 10.5 Å². The number of hydrogen-bond donors (Lipinski definition) is 5. The summed E-state index contributed by atoms with van der Waals surface area (Å²) in [7, 11) is 0. The van der Waals surface area contributed by atoms with Crippen LogP contribution >= 0.6 is 0 Å². The van der Waals surface area contributed by atoms with Crippen LogP contribution in [0.25, 0.3) is 10.8 Å². The molecule has 4 aromatic carbocycles. The fourth-order valence-electron chi connectivity index (χ4n) is 7.72. The SMILES string of the molecule is CC(C)CC[C@H](O)C(NC(=O)C(CC1=CN(C(=O)[C@H](C)N)CN1c1cccc2ccccc12)NC(=O)OCc1ccccc1)C(=O)NC1CCN(Cc2ccccc2)CC1. The molecule has 2 unspecified atom stereocenters. The van der Waals surface area contributed by atoms with Crippen LogP contribution in [-0.2, 0) is 32.3 Å². The predicted octanol–water partition coefficient (Wildman–Crippen LogP) is 5.38. The average Bonchev–Trinajstić information content (AvgIpc) is 3.67. The number of carbonyl (C=O) groups excluding carboxylic acids is 4. The number of rotatable bonds is 17. The van der Waals surface area contributed by atoms with E-state index >= 15 is 0 Å². The number of fused-ring (bicyclic) bond motifs is 1. The van der Waals surface area contributed by atoms with Crippen LogP contribution in [0, 0.1) is 5.92 Å². The Balaban J connectivity index is 1.24. The summed E-state index contributed by atoms with van der Waals surface area (Å²) in [5.41, 5.74) is 9.38. The zero-order chi connectivity index (χ0) is 42.6. The number of ether oxygens (including phenoxy) is 1. The maximum Gasteiger partial charge on any atom is 0.408 e. The minimum Gasteiger partial charge on any atom is -0.445 e. The number of anilines is 1. The Morgan fingerprint density at radius 1 is 0.800 bits per heavy atom. The zero-order valence-electron chi connectivity index (χ0n) is 34.8. The number of likely N-dealkylation sites (tertiary alicyclic amines) is 1. The Labute approximate surface area is 352 Å². The quantitative estimate of drug-likeness (QED) is 0.0940. The van der Waals surface area contributed by atoms with E-state index in [2.05, 4.69) is 33.0 Å². The fourth-order valence-corrected chi connectivity index (χ4v) is 7.72. The van der Waals surface area contributed by atoms with Crippen LogP contribution in [0.1, 0.15) is 64.0 Å². The van der Waals surface area contributed by atoms with Gasteiger partial charge in [0.1, 0.15) is 25.4 Å². The Bertz CT molecular complexity index is 2080. The van der Waals surface area contributed by atoms with E-state index in [-0.39, 0.29) is 44.0 Å². The molecule has 13 heteroatoms. The average molecular weight is 818 g/mol. The highest BCUT2D eigenvalue weighted by Crippen LogP contribution is 2.34. The number of hydrogen-bond acceptors (Lipinski definition) is 9. The van der Waals surface area contributed by atoms with E-state index in [1.807, 2.05) is 110 Å². The molecular formula is C47H59N7O6. The van der Waals surface area contributed by atoms with Crippen LogP contribution in [-0.4, -0.2) is 88.8 Å². The lowest BCUT2D eigenvalue weighted by atomic mass is 9.98. The number of carbonyl (C=O) groups is 4. The molecular weight excluding hydrogens is 759 g/mol. The molecule has 6 rings (SSSR count). The van der Waals surface area contributed by atoms with Crippen molar-refractivity contribution in [2.45, 2.75) is 96.3 Å². The van der Waals surface area contributed by atoms with Gasteiger partial charge in [-0.2, -0.15) is 0 Å². The van der Waals surface area contributed by atoms with E-state index in [0.717, 1.165) is 41.7 Å². The molecule has 0 aliphatic carbocycles. The lowest BCUT2D eigenvalue weighted by Gasteiger charge is -2.34. The molecule has 2 aliphatic heterocycles. The topological polar surface area (TPSA) is 170 Å². The Morgan fingerprint density at radius 2 is 1.45 bits per heavy atom. The Morgan fingerprint density at radius 3 is 2.13 bits per heavy atom. The molecule has 0 saturated carbocycles. The minimum atomic E-state index is -1.30.